The second kappa shape index (κ2) is 3.38. The highest BCUT2D eigenvalue weighted by Crippen LogP contribution is 2.22. The van der Waals surface area contributed by atoms with Crippen LogP contribution in [0.15, 0.2) is 48.5 Å². The highest BCUT2D eigenvalue weighted by atomic mass is 16.3. The number of rotatable bonds is 1. The van der Waals surface area contributed by atoms with Crippen molar-refractivity contribution < 1.29 is 5.11 Å². The Hall–Kier alpha value is -2.29. The number of nitrogens with one attached hydrogen (secondary N) is 1. The number of pyridine rings is 1. The van der Waals surface area contributed by atoms with Crippen LogP contribution in [0.2, 0.25) is 0 Å². The molecule has 78 valence electrons. The smallest absolute Gasteiger partial charge is 0.190 e. The van der Waals surface area contributed by atoms with E-state index in [0.717, 1.165) is 16.6 Å². The molecule has 0 aliphatic rings. The second-order valence-electron chi connectivity index (χ2n) is 3.65. The molecule has 0 atom stereocenters. The third-order valence-corrected chi connectivity index (χ3v) is 2.53. The number of hydrogen-bond acceptors (Lipinski definition) is 2. The maximum absolute atomic E-state index is 9.32. The van der Waals surface area contributed by atoms with Crippen molar-refractivity contribution in [1.29, 1.82) is 0 Å². The topological polar surface area (TPSA) is 48.9 Å². The first kappa shape index (κ1) is 8.97. The van der Waals surface area contributed by atoms with Gasteiger partial charge in [-0.3, -0.25) is 0 Å². The van der Waals surface area contributed by atoms with Crippen molar-refractivity contribution in [2.45, 2.75) is 0 Å². The summed E-state index contributed by atoms with van der Waals surface area (Å²) in [6, 6.07) is 15.5. The Labute approximate surface area is 92.4 Å². The molecule has 0 bridgehead atoms. The van der Waals surface area contributed by atoms with Crippen LogP contribution < -0.4 is 0 Å². The van der Waals surface area contributed by atoms with Gasteiger partial charge in [0, 0.05) is 17.0 Å². The normalized spacial score (nSPS) is 10.8. The average Bonchev–Trinajstić information content (AvgIpc) is 2.69. The number of fused-ring (bicyclic) bond motifs is 1. The van der Waals surface area contributed by atoms with Crippen molar-refractivity contribution >= 4 is 11.0 Å². The minimum absolute atomic E-state index is 0.146. The van der Waals surface area contributed by atoms with Gasteiger partial charge in [0.05, 0.1) is 5.69 Å². The number of aromatic nitrogens is 2. The number of aromatic amines is 1. The molecule has 2 N–H and O–H groups in total. The van der Waals surface area contributed by atoms with Gasteiger partial charge in [0.2, 0.25) is 0 Å². The Morgan fingerprint density at radius 1 is 1.00 bits per heavy atom. The van der Waals surface area contributed by atoms with E-state index in [2.05, 4.69) is 9.97 Å². The Morgan fingerprint density at radius 2 is 1.81 bits per heavy atom. The first-order valence-corrected chi connectivity index (χ1v) is 5.07. The van der Waals surface area contributed by atoms with E-state index in [9.17, 15) is 5.11 Å². The Kier molecular flexibility index (Phi) is 1.90. The summed E-state index contributed by atoms with van der Waals surface area (Å²) < 4.78 is 0. The monoisotopic (exact) mass is 210 g/mol. The van der Waals surface area contributed by atoms with Crippen LogP contribution in [-0.2, 0) is 0 Å². The molecule has 3 rings (SSSR count). The molecule has 16 heavy (non-hydrogen) atoms. The van der Waals surface area contributed by atoms with Crippen molar-refractivity contribution in [1.82, 2.24) is 9.97 Å². The molecule has 2 heterocycles. The Balaban J connectivity index is 2.18. The molecule has 1 aromatic carbocycles. The maximum atomic E-state index is 9.32. The number of H-pyrrole nitrogens is 1. The highest BCUT2D eigenvalue weighted by molar-refractivity contribution is 5.80. The molecule has 3 nitrogen and oxygen atoms in total. The summed E-state index contributed by atoms with van der Waals surface area (Å²) in [5.74, 6) is 0.146. The van der Waals surface area contributed by atoms with Crippen LogP contribution in [0.5, 0.6) is 5.88 Å². The van der Waals surface area contributed by atoms with Gasteiger partial charge in [-0.2, -0.15) is 0 Å². The zero-order valence-corrected chi connectivity index (χ0v) is 8.51. The first-order valence-electron chi connectivity index (χ1n) is 5.07. The van der Waals surface area contributed by atoms with Crippen LogP contribution in [0.4, 0.5) is 0 Å². The van der Waals surface area contributed by atoms with E-state index in [-0.39, 0.29) is 5.88 Å². The van der Waals surface area contributed by atoms with Crippen LogP contribution in [0.25, 0.3) is 22.3 Å². The lowest BCUT2D eigenvalue weighted by Crippen LogP contribution is -1.83. The molecule has 0 aliphatic carbocycles. The summed E-state index contributed by atoms with van der Waals surface area (Å²) in [5.41, 5.74) is 2.67. The maximum Gasteiger partial charge on any atom is 0.190 e. The van der Waals surface area contributed by atoms with Gasteiger partial charge in [-0.25, -0.2) is 4.98 Å². The molecular weight excluding hydrogens is 200 g/mol. The van der Waals surface area contributed by atoms with Crippen LogP contribution in [0.1, 0.15) is 0 Å². The first-order chi connectivity index (χ1) is 7.83. The SMILES string of the molecule is Oc1cc2ccc(-c3ccccc3)nc2[nH]1. The zero-order chi connectivity index (χ0) is 11.0. The number of benzene rings is 1. The lowest BCUT2D eigenvalue weighted by molar-refractivity contribution is 0.458. The number of nitrogens with zero attached hydrogens (tertiary/aromatic N) is 1. The molecule has 0 saturated heterocycles. The average molecular weight is 210 g/mol. The van der Waals surface area contributed by atoms with Crippen molar-refractivity contribution in [3.63, 3.8) is 0 Å². The van der Waals surface area contributed by atoms with Gasteiger partial charge in [-0.05, 0) is 12.1 Å². The van der Waals surface area contributed by atoms with Crippen molar-refractivity contribution in [3.05, 3.63) is 48.5 Å². The molecule has 0 fully saturated rings. The van der Waals surface area contributed by atoms with Gasteiger partial charge in [-0.1, -0.05) is 30.3 Å². The van der Waals surface area contributed by atoms with Crippen LogP contribution in [0.3, 0.4) is 0 Å². The minimum atomic E-state index is 0.146. The fourth-order valence-corrected chi connectivity index (χ4v) is 1.76. The quantitative estimate of drug-likeness (QED) is 0.648. The molecular formula is C13H10N2O. The van der Waals surface area contributed by atoms with E-state index in [1.54, 1.807) is 6.07 Å². The van der Waals surface area contributed by atoms with Gasteiger partial charge in [-0.15, -0.1) is 0 Å². The standard InChI is InChI=1S/C13H10N2O/c16-12-8-10-6-7-11(14-13(10)15-12)9-4-2-1-3-5-9/h1-8,16H,(H,14,15). The number of aromatic hydroxyl groups is 1. The molecule has 0 saturated carbocycles. The molecule has 0 aliphatic heterocycles. The molecule has 0 unspecified atom stereocenters. The molecule has 3 aromatic rings. The van der Waals surface area contributed by atoms with E-state index in [0.29, 0.717) is 5.65 Å². The predicted octanol–water partition coefficient (Wildman–Crippen LogP) is 2.94. The van der Waals surface area contributed by atoms with E-state index in [4.69, 9.17) is 0 Å². The summed E-state index contributed by atoms with van der Waals surface area (Å²) in [5, 5.41) is 10.2. The van der Waals surface area contributed by atoms with E-state index in [1.165, 1.54) is 0 Å². The summed E-state index contributed by atoms with van der Waals surface area (Å²) >= 11 is 0. The van der Waals surface area contributed by atoms with Crippen molar-refractivity contribution in [2.75, 3.05) is 0 Å². The van der Waals surface area contributed by atoms with Crippen LogP contribution >= 0.6 is 0 Å². The summed E-state index contributed by atoms with van der Waals surface area (Å²) in [7, 11) is 0. The van der Waals surface area contributed by atoms with Gasteiger partial charge in [0.15, 0.2) is 5.88 Å². The summed E-state index contributed by atoms with van der Waals surface area (Å²) in [6.07, 6.45) is 0. The van der Waals surface area contributed by atoms with Gasteiger partial charge < -0.3 is 10.1 Å². The number of hydrogen-bond donors (Lipinski definition) is 2. The Bertz CT molecular complexity index is 629. The largest absolute Gasteiger partial charge is 0.495 e. The van der Waals surface area contributed by atoms with E-state index < -0.39 is 0 Å². The molecule has 0 amide bonds. The van der Waals surface area contributed by atoms with Crippen LogP contribution in [0, 0.1) is 0 Å². The van der Waals surface area contributed by atoms with Gasteiger partial charge in [0.25, 0.3) is 0 Å². The zero-order valence-electron chi connectivity index (χ0n) is 8.51. The van der Waals surface area contributed by atoms with E-state index >= 15 is 0 Å². The predicted molar refractivity (Wildman–Crippen MR) is 63.2 cm³/mol. The van der Waals surface area contributed by atoms with Crippen LogP contribution in [-0.4, -0.2) is 15.1 Å². The third-order valence-electron chi connectivity index (χ3n) is 2.53. The van der Waals surface area contributed by atoms with Gasteiger partial charge >= 0.3 is 0 Å². The fraction of sp³-hybridized carbons (Fsp3) is 0. The van der Waals surface area contributed by atoms with Crippen molar-refractivity contribution in [3.8, 4) is 17.1 Å². The third kappa shape index (κ3) is 1.42. The van der Waals surface area contributed by atoms with Gasteiger partial charge in [0.1, 0.15) is 5.65 Å². The molecule has 0 radical (unpaired) electrons. The molecule has 2 aromatic heterocycles. The second-order valence-corrected chi connectivity index (χ2v) is 3.65. The summed E-state index contributed by atoms with van der Waals surface area (Å²) in [4.78, 5) is 7.26. The summed E-state index contributed by atoms with van der Waals surface area (Å²) in [6.45, 7) is 0. The van der Waals surface area contributed by atoms with Crippen molar-refractivity contribution in [2.24, 2.45) is 0 Å². The molecule has 3 heteroatoms. The lowest BCUT2D eigenvalue weighted by atomic mass is 10.1. The lowest BCUT2D eigenvalue weighted by Gasteiger charge is -1.99. The van der Waals surface area contributed by atoms with E-state index in [1.807, 2.05) is 42.5 Å². The Morgan fingerprint density at radius 3 is 2.62 bits per heavy atom. The fourth-order valence-electron chi connectivity index (χ4n) is 1.76. The molecule has 0 spiro atoms. The minimum Gasteiger partial charge on any atom is -0.495 e. The highest BCUT2D eigenvalue weighted by Gasteiger charge is 2.03.